The lowest BCUT2D eigenvalue weighted by Gasteiger charge is -2.17. The summed E-state index contributed by atoms with van der Waals surface area (Å²) in [5.41, 5.74) is 0.858. The molecule has 0 aromatic carbocycles. The Morgan fingerprint density at radius 1 is 1.43 bits per heavy atom. The van der Waals surface area contributed by atoms with E-state index in [1.807, 2.05) is 12.3 Å². The SMILES string of the molecule is CC(C)c1nc(CNC(=O)N[C@@H](C)C[C@@H](O)c2ccco2)cs1. The Morgan fingerprint density at radius 2 is 2.22 bits per heavy atom. The normalized spacial score (nSPS) is 13.8. The number of nitrogens with one attached hydrogen (secondary N) is 2. The zero-order chi connectivity index (χ0) is 16.8. The molecule has 3 N–H and O–H groups in total. The van der Waals surface area contributed by atoms with E-state index in [-0.39, 0.29) is 12.1 Å². The third-order valence-corrected chi connectivity index (χ3v) is 4.51. The molecular weight excluding hydrogens is 314 g/mol. The smallest absolute Gasteiger partial charge is 0.315 e. The maximum Gasteiger partial charge on any atom is 0.315 e. The molecule has 2 atom stereocenters. The van der Waals surface area contributed by atoms with Gasteiger partial charge in [-0.1, -0.05) is 13.8 Å². The van der Waals surface area contributed by atoms with Crippen molar-refractivity contribution in [1.29, 1.82) is 0 Å². The Morgan fingerprint density at radius 3 is 2.83 bits per heavy atom. The fourth-order valence-electron chi connectivity index (χ4n) is 2.11. The summed E-state index contributed by atoms with van der Waals surface area (Å²) >= 11 is 1.60. The van der Waals surface area contributed by atoms with Crippen LogP contribution in [0.1, 0.15) is 55.7 Å². The van der Waals surface area contributed by atoms with Crippen molar-refractivity contribution < 1.29 is 14.3 Å². The van der Waals surface area contributed by atoms with Crippen LogP contribution in [0, 0.1) is 0 Å². The third kappa shape index (κ3) is 5.37. The number of carbonyl (C=O) groups is 1. The number of furan rings is 1. The number of aromatic nitrogens is 1. The maximum absolute atomic E-state index is 11.9. The van der Waals surface area contributed by atoms with Crippen molar-refractivity contribution in [2.45, 2.75) is 51.8 Å². The monoisotopic (exact) mass is 337 g/mol. The predicted octanol–water partition coefficient (Wildman–Crippen LogP) is 3.17. The van der Waals surface area contributed by atoms with Gasteiger partial charge < -0.3 is 20.2 Å². The van der Waals surface area contributed by atoms with E-state index >= 15 is 0 Å². The molecule has 0 fully saturated rings. The van der Waals surface area contributed by atoms with Gasteiger partial charge in [0.15, 0.2) is 0 Å². The average molecular weight is 337 g/mol. The molecule has 0 aliphatic heterocycles. The second-order valence-corrected chi connectivity index (χ2v) is 6.72. The van der Waals surface area contributed by atoms with Gasteiger partial charge in [0.2, 0.25) is 0 Å². The van der Waals surface area contributed by atoms with Crippen LogP contribution < -0.4 is 10.6 Å². The van der Waals surface area contributed by atoms with Gasteiger partial charge in [-0.3, -0.25) is 0 Å². The van der Waals surface area contributed by atoms with Crippen molar-refractivity contribution in [3.05, 3.63) is 40.2 Å². The molecule has 0 spiro atoms. The molecule has 2 rings (SSSR count). The molecule has 2 heterocycles. The lowest BCUT2D eigenvalue weighted by molar-refractivity contribution is 0.129. The Kier molecular flexibility index (Phi) is 6.18. The number of hydrogen-bond acceptors (Lipinski definition) is 5. The topological polar surface area (TPSA) is 87.4 Å². The van der Waals surface area contributed by atoms with Crippen LogP contribution in [0.15, 0.2) is 28.2 Å². The van der Waals surface area contributed by atoms with Crippen LogP contribution in [0.5, 0.6) is 0 Å². The fraction of sp³-hybridized carbons (Fsp3) is 0.500. The number of amides is 2. The summed E-state index contributed by atoms with van der Waals surface area (Å²) in [4.78, 5) is 16.4. The summed E-state index contributed by atoms with van der Waals surface area (Å²) in [6.07, 6.45) is 1.17. The lowest BCUT2D eigenvalue weighted by Crippen LogP contribution is -2.41. The Bertz CT molecular complexity index is 610. The molecule has 0 saturated heterocycles. The van der Waals surface area contributed by atoms with E-state index in [1.54, 1.807) is 23.5 Å². The van der Waals surface area contributed by atoms with E-state index in [0.29, 0.717) is 24.6 Å². The first-order chi connectivity index (χ1) is 11.0. The third-order valence-electron chi connectivity index (χ3n) is 3.32. The molecule has 2 amide bonds. The Labute approximate surface area is 139 Å². The number of nitrogens with zero attached hydrogens (tertiary/aromatic N) is 1. The standard InChI is InChI=1S/C16H23N3O3S/c1-10(2)15-19-12(9-23-15)8-17-16(21)18-11(3)7-13(20)14-5-4-6-22-14/h4-6,9-11,13,20H,7-8H2,1-3H3,(H2,17,18,21)/t11-,13+/m0/s1. The van der Waals surface area contributed by atoms with E-state index in [9.17, 15) is 9.90 Å². The maximum atomic E-state index is 11.9. The largest absolute Gasteiger partial charge is 0.467 e. The first kappa shape index (κ1) is 17.5. The van der Waals surface area contributed by atoms with Crippen LogP contribution in [-0.4, -0.2) is 22.2 Å². The number of urea groups is 1. The summed E-state index contributed by atoms with van der Waals surface area (Å²) in [5, 5.41) is 18.6. The van der Waals surface area contributed by atoms with Crippen molar-refractivity contribution in [3.63, 3.8) is 0 Å². The van der Waals surface area contributed by atoms with Gasteiger partial charge in [0, 0.05) is 23.8 Å². The van der Waals surface area contributed by atoms with Crippen LogP contribution >= 0.6 is 11.3 Å². The zero-order valence-corrected chi connectivity index (χ0v) is 14.4. The molecule has 126 valence electrons. The number of carbonyl (C=O) groups excluding carboxylic acids is 1. The van der Waals surface area contributed by atoms with Crippen molar-refractivity contribution in [3.8, 4) is 0 Å². The molecule has 2 aromatic heterocycles. The molecule has 0 saturated carbocycles. The van der Waals surface area contributed by atoms with Gasteiger partial charge in [0.25, 0.3) is 0 Å². The Hall–Kier alpha value is -1.86. The second-order valence-electron chi connectivity index (χ2n) is 5.83. The molecule has 2 aromatic rings. The molecule has 23 heavy (non-hydrogen) atoms. The van der Waals surface area contributed by atoms with Crippen molar-refractivity contribution in [2.75, 3.05) is 0 Å². The molecular formula is C16H23N3O3S. The molecule has 0 unspecified atom stereocenters. The molecule has 0 bridgehead atoms. The summed E-state index contributed by atoms with van der Waals surface area (Å²) in [6.45, 7) is 6.41. The van der Waals surface area contributed by atoms with Crippen molar-refractivity contribution in [2.24, 2.45) is 0 Å². The van der Waals surface area contributed by atoms with Gasteiger partial charge in [0.1, 0.15) is 11.9 Å². The van der Waals surface area contributed by atoms with Crippen molar-refractivity contribution in [1.82, 2.24) is 15.6 Å². The van der Waals surface area contributed by atoms with Crippen LogP contribution in [-0.2, 0) is 6.54 Å². The van der Waals surface area contributed by atoms with E-state index < -0.39 is 6.10 Å². The number of rotatable bonds is 7. The average Bonchev–Trinajstić information content (AvgIpc) is 3.16. The van der Waals surface area contributed by atoms with E-state index in [4.69, 9.17) is 4.42 Å². The highest BCUT2D eigenvalue weighted by Gasteiger charge is 2.16. The van der Waals surface area contributed by atoms with Gasteiger partial charge in [-0.25, -0.2) is 9.78 Å². The minimum Gasteiger partial charge on any atom is -0.467 e. The minimum atomic E-state index is -0.729. The van der Waals surface area contributed by atoms with Crippen LogP contribution in [0.3, 0.4) is 0 Å². The van der Waals surface area contributed by atoms with Gasteiger partial charge in [-0.05, 0) is 19.1 Å². The van der Waals surface area contributed by atoms with Gasteiger partial charge in [0.05, 0.1) is 23.5 Å². The van der Waals surface area contributed by atoms with Crippen molar-refractivity contribution >= 4 is 17.4 Å². The minimum absolute atomic E-state index is 0.184. The number of thiazole rings is 1. The van der Waals surface area contributed by atoms with E-state index in [2.05, 4.69) is 29.5 Å². The second kappa shape index (κ2) is 8.12. The number of aliphatic hydroxyl groups is 1. The summed E-state index contributed by atoms with van der Waals surface area (Å²) in [5.74, 6) is 0.897. The van der Waals surface area contributed by atoms with Gasteiger partial charge in [-0.2, -0.15) is 0 Å². The highest BCUT2D eigenvalue weighted by atomic mass is 32.1. The first-order valence-electron chi connectivity index (χ1n) is 7.65. The highest BCUT2D eigenvalue weighted by molar-refractivity contribution is 7.09. The van der Waals surface area contributed by atoms with Crippen LogP contribution in [0.25, 0.3) is 0 Å². The molecule has 0 radical (unpaired) electrons. The Balaban J connectivity index is 1.73. The number of aliphatic hydroxyl groups excluding tert-OH is 1. The summed E-state index contributed by atoms with van der Waals surface area (Å²) < 4.78 is 5.14. The molecule has 0 aliphatic carbocycles. The lowest BCUT2D eigenvalue weighted by atomic mass is 10.1. The highest BCUT2D eigenvalue weighted by Crippen LogP contribution is 2.19. The predicted molar refractivity (Wildman–Crippen MR) is 89.3 cm³/mol. The first-order valence-corrected chi connectivity index (χ1v) is 8.53. The molecule has 7 heteroatoms. The molecule has 6 nitrogen and oxygen atoms in total. The van der Waals surface area contributed by atoms with Crippen LogP contribution in [0.2, 0.25) is 0 Å². The summed E-state index contributed by atoms with van der Waals surface area (Å²) in [7, 11) is 0. The summed E-state index contributed by atoms with van der Waals surface area (Å²) in [6, 6.07) is 2.98. The van der Waals surface area contributed by atoms with E-state index in [0.717, 1.165) is 10.7 Å². The molecule has 0 aliphatic rings. The fourth-order valence-corrected chi connectivity index (χ4v) is 2.94. The number of hydrogen-bond donors (Lipinski definition) is 3. The van der Waals surface area contributed by atoms with Gasteiger partial charge in [-0.15, -0.1) is 11.3 Å². The van der Waals surface area contributed by atoms with Gasteiger partial charge >= 0.3 is 6.03 Å². The van der Waals surface area contributed by atoms with Crippen LogP contribution in [0.4, 0.5) is 4.79 Å². The quantitative estimate of drug-likeness (QED) is 0.724. The van der Waals surface area contributed by atoms with E-state index in [1.165, 1.54) is 6.26 Å². The zero-order valence-electron chi connectivity index (χ0n) is 13.6.